The van der Waals surface area contributed by atoms with Crippen LogP contribution in [-0.2, 0) is 14.6 Å². The van der Waals surface area contributed by atoms with E-state index in [1.165, 1.54) is 11.8 Å². The zero-order valence-corrected chi connectivity index (χ0v) is 18.0. The topological polar surface area (TPSA) is 78.8 Å². The van der Waals surface area contributed by atoms with E-state index in [9.17, 15) is 13.2 Å². The summed E-state index contributed by atoms with van der Waals surface area (Å²) in [7, 11) is -3.02. The highest BCUT2D eigenvalue weighted by Crippen LogP contribution is 2.36. The van der Waals surface area contributed by atoms with Gasteiger partial charge in [0.2, 0.25) is 5.91 Å². The molecule has 2 heterocycles. The maximum atomic E-state index is 12.7. The smallest absolute Gasteiger partial charge is 0.244 e. The average molecular weight is 480 g/mol. The summed E-state index contributed by atoms with van der Waals surface area (Å²) in [6.07, 6.45) is 0. The third kappa shape index (κ3) is 4.42. The lowest BCUT2D eigenvalue weighted by Crippen LogP contribution is -2.36. The molecule has 0 aromatic heterocycles. The molecule has 0 saturated carbocycles. The summed E-state index contributed by atoms with van der Waals surface area (Å²) in [4.78, 5) is 19.1. The van der Waals surface area contributed by atoms with Crippen LogP contribution in [0.4, 0.5) is 11.4 Å². The summed E-state index contributed by atoms with van der Waals surface area (Å²) in [6, 6.07) is 16.7. The maximum Gasteiger partial charge on any atom is 0.244 e. The number of sulfone groups is 1. The van der Waals surface area contributed by atoms with Crippen molar-refractivity contribution in [3.63, 3.8) is 0 Å². The zero-order valence-electron chi connectivity index (χ0n) is 14.8. The zero-order chi connectivity index (χ0) is 19.7. The van der Waals surface area contributed by atoms with E-state index in [4.69, 9.17) is 0 Å². The summed E-state index contributed by atoms with van der Waals surface area (Å²) in [5.41, 5.74) is 1.56. The number of hydrogen-bond donors (Lipinski definition) is 1. The number of anilines is 2. The summed E-state index contributed by atoms with van der Waals surface area (Å²) in [5.74, 6) is 0.0597. The molecule has 2 aromatic rings. The van der Waals surface area contributed by atoms with Crippen molar-refractivity contribution in [2.75, 3.05) is 28.3 Å². The predicted molar refractivity (Wildman–Crippen MR) is 118 cm³/mol. The number of amides is 1. The third-order valence-corrected chi connectivity index (χ3v) is 8.31. The van der Waals surface area contributed by atoms with Crippen LogP contribution in [0.3, 0.4) is 0 Å². The molecule has 2 aliphatic heterocycles. The van der Waals surface area contributed by atoms with Crippen LogP contribution in [0.5, 0.6) is 0 Å². The molecule has 0 unspecified atom stereocenters. The highest BCUT2D eigenvalue weighted by atomic mass is 79.9. The highest BCUT2D eigenvalue weighted by Gasteiger charge is 2.44. The maximum absolute atomic E-state index is 12.7. The summed E-state index contributed by atoms with van der Waals surface area (Å²) in [5, 5.41) is 3.52. The number of para-hydroxylation sites is 1. The minimum Gasteiger partial charge on any atom is -0.325 e. The van der Waals surface area contributed by atoms with Gasteiger partial charge in [0.1, 0.15) is 6.54 Å². The second-order valence-corrected chi connectivity index (χ2v) is 11.0. The number of nitrogens with one attached hydrogen (secondary N) is 1. The van der Waals surface area contributed by atoms with E-state index < -0.39 is 9.84 Å². The lowest BCUT2D eigenvalue weighted by Gasteiger charge is -2.24. The van der Waals surface area contributed by atoms with Crippen LogP contribution in [0.25, 0.3) is 0 Å². The first-order valence-corrected chi connectivity index (χ1v) is 12.2. The van der Waals surface area contributed by atoms with Gasteiger partial charge in [0.25, 0.3) is 0 Å². The largest absolute Gasteiger partial charge is 0.325 e. The molecule has 1 fully saturated rings. The number of halogens is 1. The summed E-state index contributed by atoms with van der Waals surface area (Å²) >= 11 is 4.82. The fourth-order valence-corrected chi connectivity index (χ4v) is 7.27. The van der Waals surface area contributed by atoms with Gasteiger partial charge in [-0.05, 0) is 36.4 Å². The fraction of sp³-hybridized carbons (Fsp3) is 0.263. The normalized spacial score (nSPS) is 22.4. The second-order valence-electron chi connectivity index (χ2n) is 6.69. The molecule has 146 valence electrons. The molecule has 1 amide bonds. The minimum absolute atomic E-state index is 0.0688. The summed E-state index contributed by atoms with van der Waals surface area (Å²) in [6.45, 7) is 0.0953. The van der Waals surface area contributed by atoms with Gasteiger partial charge in [-0.15, -0.1) is 0 Å². The molecule has 0 radical (unpaired) electrons. The van der Waals surface area contributed by atoms with E-state index in [1.54, 1.807) is 0 Å². The van der Waals surface area contributed by atoms with Crippen LogP contribution in [-0.4, -0.2) is 48.8 Å². The van der Waals surface area contributed by atoms with Crippen LogP contribution in [0.1, 0.15) is 0 Å². The number of nitrogens with zero attached hydrogens (tertiary/aromatic N) is 2. The van der Waals surface area contributed by atoms with Crippen LogP contribution < -0.4 is 10.2 Å². The Labute approximate surface area is 176 Å². The van der Waals surface area contributed by atoms with Gasteiger partial charge in [-0.3, -0.25) is 9.79 Å². The molecule has 0 aliphatic carbocycles. The lowest BCUT2D eigenvalue weighted by molar-refractivity contribution is -0.114. The number of hydrogen-bond acceptors (Lipinski definition) is 6. The SMILES string of the molecule is O=C(CN(C1=N[C@@H]2CS(=O)(=O)C[C@@H]2S1)c1ccccc1)Nc1ccc(Br)cc1. The van der Waals surface area contributed by atoms with Gasteiger partial charge < -0.3 is 10.2 Å². The molecule has 0 bridgehead atoms. The van der Waals surface area contributed by atoms with E-state index >= 15 is 0 Å². The van der Waals surface area contributed by atoms with E-state index in [2.05, 4.69) is 26.2 Å². The van der Waals surface area contributed by atoms with E-state index in [-0.39, 0.29) is 35.2 Å². The number of fused-ring (bicyclic) bond motifs is 1. The number of rotatable bonds is 4. The number of thioether (sulfide) groups is 1. The fourth-order valence-electron chi connectivity index (χ4n) is 3.23. The van der Waals surface area contributed by atoms with E-state index in [1.807, 2.05) is 59.5 Å². The first kappa shape index (κ1) is 19.5. The van der Waals surface area contributed by atoms with Crippen LogP contribution in [0.2, 0.25) is 0 Å². The van der Waals surface area contributed by atoms with Gasteiger partial charge in [-0.25, -0.2) is 8.42 Å². The van der Waals surface area contributed by atoms with Crippen molar-refractivity contribution in [3.8, 4) is 0 Å². The molecule has 1 saturated heterocycles. The molecule has 4 rings (SSSR count). The molecule has 28 heavy (non-hydrogen) atoms. The van der Waals surface area contributed by atoms with Crippen LogP contribution in [0.15, 0.2) is 64.1 Å². The van der Waals surface area contributed by atoms with Crippen molar-refractivity contribution in [2.45, 2.75) is 11.3 Å². The Morgan fingerprint density at radius 1 is 1.14 bits per heavy atom. The number of carbonyl (C=O) groups is 1. The number of benzene rings is 2. The summed E-state index contributed by atoms with van der Waals surface area (Å²) < 4.78 is 24.6. The van der Waals surface area contributed by atoms with Gasteiger partial charge >= 0.3 is 0 Å². The molecular weight excluding hydrogens is 462 g/mol. The Hall–Kier alpha value is -1.84. The Balaban J connectivity index is 1.54. The first-order valence-electron chi connectivity index (χ1n) is 8.72. The first-order chi connectivity index (χ1) is 13.4. The third-order valence-electron chi connectivity index (χ3n) is 4.53. The van der Waals surface area contributed by atoms with Gasteiger partial charge in [-0.2, -0.15) is 0 Å². The van der Waals surface area contributed by atoms with Crippen molar-refractivity contribution >= 4 is 60.0 Å². The minimum atomic E-state index is -3.02. The highest BCUT2D eigenvalue weighted by molar-refractivity contribution is 9.10. The van der Waals surface area contributed by atoms with Gasteiger partial charge in [0.05, 0.1) is 17.5 Å². The van der Waals surface area contributed by atoms with Crippen molar-refractivity contribution in [1.82, 2.24) is 0 Å². The predicted octanol–water partition coefficient (Wildman–Crippen LogP) is 3.16. The molecule has 2 aliphatic rings. The molecule has 1 N–H and O–H groups in total. The quantitative estimate of drug-likeness (QED) is 0.728. The van der Waals surface area contributed by atoms with Gasteiger partial charge in [0, 0.05) is 21.1 Å². The van der Waals surface area contributed by atoms with E-state index in [0.717, 1.165) is 10.2 Å². The van der Waals surface area contributed by atoms with Gasteiger partial charge in [-0.1, -0.05) is 45.9 Å². The number of amidine groups is 1. The number of carbonyl (C=O) groups excluding carboxylic acids is 1. The monoisotopic (exact) mass is 479 g/mol. The molecule has 6 nitrogen and oxygen atoms in total. The Morgan fingerprint density at radius 3 is 2.54 bits per heavy atom. The molecule has 2 aromatic carbocycles. The molecule has 0 spiro atoms. The van der Waals surface area contributed by atoms with Crippen molar-refractivity contribution in [3.05, 3.63) is 59.1 Å². The van der Waals surface area contributed by atoms with Crippen molar-refractivity contribution in [1.29, 1.82) is 0 Å². The van der Waals surface area contributed by atoms with Gasteiger partial charge in [0.15, 0.2) is 15.0 Å². The van der Waals surface area contributed by atoms with Crippen LogP contribution in [0, 0.1) is 0 Å². The van der Waals surface area contributed by atoms with Crippen LogP contribution >= 0.6 is 27.7 Å². The number of aliphatic imine (C=N–C) groups is 1. The van der Waals surface area contributed by atoms with E-state index in [0.29, 0.717) is 10.9 Å². The molecule has 2 atom stereocenters. The Kier molecular flexibility index (Phi) is 5.48. The van der Waals surface area contributed by atoms with Crippen molar-refractivity contribution < 1.29 is 13.2 Å². The molecular formula is C19H18BrN3O3S2. The Morgan fingerprint density at radius 2 is 1.86 bits per heavy atom. The Bertz CT molecular complexity index is 1010. The lowest BCUT2D eigenvalue weighted by atomic mass is 10.2. The molecule has 9 heteroatoms. The standard InChI is InChI=1S/C19H18BrN3O3S2/c20-13-6-8-14(9-7-13)21-18(24)10-23(15-4-2-1-3-5-15)19-22-16-11-28(25,26)12-17(16)27-19/h1-9,16-17H,10-12H2,(H,21,24)/t16-,17+/m1/s1. The van der Waals surface area contributed by atoms with Crippen molar-refractivity contribution in [2.24, 2.45) is 4.99 Å². The second kappa shape index (κ2) is 7.88. The average Bonchev–Trinajstić information content (AvgIpc) is 3.16.